The van der Waals surface area contributed by atoms with Crippen LogP contribution in [0.5, 0.6) is 0 Å². The standard InChI is InChI=1S/C28H36ClN3O2S/c1-4-6-10-20(5-2)16-30-27(33)23-15-26(32(19(23)3)17-21-11-9-14-34-21)25-18-35-28(31-25)22-12-7-8-13-24(22)29/h7-8,12-13,15,18,20-21H,4-6,9-11,14,16-17H2,1-3H3,(H,30,33). The number of amides is 1. The van der Waals surface area contributed by atoms with Crippen LogP contribution >= 0.6 is 22.9 Å². The molecular weight excluding hydrogens is 478 g/mol. The summed E-state index contributed by atoms with van der Waals surface area (Å²) in [4.78, 5) is 18.2. The molecule has 0 bridgehead atoms. The fourth-order valence-corrected chi connectivity index (χ4v) is 5.87. The van der Waals surface area contributed by atoms with Crippen molar-refractivity contribution in [1.82, 2.24) is 14.9 Å². The van der Waals surface area contributed by atoms with E-state index in [9.17, 15) is 4.79 Å². The van der Waals surface area contributed by atoms with Gasteiger partial charge in [-0.3, -0.25) is 4.79 Å². The van der Waals surface area contributed by atoms with E-state index in [2.05, 4.69) is 29.1 Å². The number of hydrogen-bond acceptors (Lipinski definition) is 4. The van der Waals surface area contributed by atoms with Crippen molar-refractivity contribution in [3.05, 3.63) is 52.0 Å². The van der Waals surface area contributed by atoms with Gasteiger partial charge >= 0.3 is 0 Å². The van der Waals surface area contributed by atoms with Crippen LogP contribution in [0, 0.1) is 12.8 Å². The normalized spacial score (nSPS) is 16.5. The Hall–Kier alpha value is -2.15. The molecule has 35 heavy (non-hydrogen) atoms. The number of halogens is 1. The first-order valence-electron chi connectivity index (χ1n) is 12.8. The minimum absolute atomic E-state index is 0.00801. The Morgan fingerprint density at radius 1 is 1.34 bits per heavy atom. The molecule has 1 N–H and O–H groups in total. The molecule has 1 aromatic carbocycles. The van der Waals surface area contributed by atoms with E-state index < -0.39 is 0 Å². The Morgan fingerprint density at radius 2 is 2.17 bits per heavy atom. The fraction of sp³-hybridized carbons (Fsp3) is 0.500. The van der Waals surface area contributed by atoms with Gasteiger partial charge in [-0.05, 0) is 44.2 Å². The van der Waals surface area contributed by atoms with E-state index in [4.69, 9.17) is 21.3 Å². The second kappa shape index (κ2) is 12.2. The van der Waals surface area contributed by atoms with Crippen LogP contribution in [0.25, 0.3) is 22.0 Å². The summed E-state index contributed by atoms with van der Waals surface area (Å²) in [6.45, 7) is 8.69. The number of aromatic nitrogens is 2. The average Bonchev–Trinajstić information content (AvgIpc) is 3.61. The molecule has 0 spiro atoms. The summed E-state index contributed by atoms with van der Waals surface area (Å²) in [5, 5.41) is 6.82. The molecule has 1 saturated heterocycles. The summed E-state index contributed by atoms with van der Waals surface area (Å²) in [5.41, 5.74) is 4.42. The minimum Gasteiger partial charge on any atom is -0.376 e. The van der Waals surface area contributed by atoms with E-state index in [0.29, 0.717) is 17.5 Å². The smallest absolute Gasteiger partial charge is 0.253 e. The van der Waals surface area contributed by atoms with Crippen molar-refractivity contribution in [3.8, 4) is 22.0 Å². The van der Waals surface area contributed by atoms with Gasteiger partial charge in [-0.1, -0.05) is 62.9 Å². The second-order valence-corrected chi connectivity index (χ2v) is 10.7. The molecule has 1 fully saturated rings. The van der Waals surface area contributed by atoms with E-state index in [1.165, 1.54) is 12.8 Å². The summed E-state index contributed by atoms with van der Waals surface area (Å²) < 4.78 is 8.15. The van der Waals surface area contributed by atoms with E-state index >= 15 is 0 Å². The molecule has 3 aromatic rings. The third-order valence-corrected chi connectivity index (χ3v) is 8.19. The Morgan fingerprint density at radius 3 is 2.89 bits per heavy atom. The largest absolute Gasteiger partial charge is 0.376 e. The van der Waals surface area contributed by atoms with Crippen molar-refractivity contribution < 1.29 is 9.53 Å². The lowest BCUT2D eigenvalue weighted by Crippen LogP contribution is -2.29. The highest BCUT2D eigenvalue weighted by atomic mass is 35.5. The van der Waals surface area contributed by atoms with Gasteiger partial charge in [-0.15, -0.1) is 11.3 Å². The summed E-state index contributed by atoms with van der Waals surface area (Å²) >= 11 is 8.00. The third-order valence-electron chi connectivity index (χ3n) is 6.99. The monoisotopic (exact) mass is 513 g/mol. The highest BCUT2D eigenvalue weighted by Gasteiger charge is 2.24. The van der Waals surface area contributed by atoms with Crippen molar-refractivity contribution >= 4 is 28.8 Å². The van der Waals surface area contributed by atoms with E-state index in [1.54, 1.807) is 11.3 Å². The number of benzene rings is 1. The molecule has 2 unspecified atom stereocenters. The Kier molecular flexibility index (Phi) is 9.04. The zero-order chi connectivity index (χ0) is 24.8. The molecular formula is C28H36ClN3O2S. The summed E-state index contributed by atoms with van der Waals surface area (Å²) in [6.07, 6.45) is 6.90. The number of hydrogen-bond donors (Lipinski definition) is 1. The fourth-order valence-electron chi connectivity index (χ4n) is 4.74. The van der Waals surface area contributed by atoms with Crippen molar-refractivity contribution in [3.63, 3.8) is 0 Å². The lowest BCUT2D eigenvalue weighted by Gasteiger charge is -2.16. The lowest BCUT2D eigenvalue weighted by molar-refractivity contribution is 0.0935. The maximum absolute atomic E-state index is 13.3. The maximum atomic E-state index is 13.3. The van der Waals surface area contributed by atoms with Gasteiger partial charge in [0.1, 0.15) is 5.01 Å². The maximum Gasteiger partial charge on any atom is 0.253 e. The number of nitrogens with one attached hydrogen (secondary N) is 1. The molecule has 188 valence electrons. The summed E-state index contributed by atoms with van der Waals surface area (Å²) in [6, 6.07) is 9.77. The van der Waals surface area contributed by atoms with Crippen LogP contribution in [0.15, 0.2) is 35.7 Å². The van der Waals surface area contributed by atoms with Crippen LogP contribution in [-0.2, 0) is 11.3 Å². The van der Waals surface area contributed by atoms with E-state index in [-0.39, 0.29) is 12.0 Å². The van der Waals surface area contributed by atoms with Crippen molar-refractivity contribution in [1.29, 1.82) is 0 Å². The Bertz CT molecular complexity index is 1130. The quantitative estimate of drug-likeness (QED) is 0.291. The van der Waals surface area contributed by atoms with Crippen molar-refractivity contribution in [2.45, 2.75) is 71.9 Å². The zero-order valence-corrected chi connectivity index (χ0v) is 22.6. The van der Waals surface area contributed by atoms with Crippen molar-refractivity contribution in [2.75, 3.05) is 13.2 Å². The number of carbonyl (C=O) groups is 1. The molecule has 2 aromatic heterocycles. The Balaban J connectivity index is 1.62. The van der Waals surface area contributed by atoms with Crippen LogP contribution in [-0.4, -0.2) is 34.7 Å². The van der Waals surface area contributed by atoms with Gasteiger partial charge in [0.15, 0.2) is 0 Å². The number of unbranched alkanes of at least 4 members (excludes halogenated alkanes) is 1. The number of thiazole rings is 1. The van der Waals surface area contributed by atoms with Gasteiger partial charge in [0, 0.05) is 36.3 Å². The van der Waals surface area contributed by atoms with E-state index in [1.807, 2.05) is 37.3 Å². The first-order valence-corrected chi connectivity index (χ1v) is 14.1. The zero-order valence-electron chi connectivity index (χ0n) is 21.0. The molecule has 1 amide bonds. The predicted octanol–water partition coefficient (Wildman–Crippen LogP) is 7.37. The molecule has 5 nitrogen and oxygen atoms in total. The SMILES string of the molecule is CCCCC(CC)CNC(=O)c1cc(-c2csc(-c3ccccc3Cl)n2)n(CC2CCCO2)c1C. The molecule has 7 heteroatoms. The van der Waals surface area contributed by atoms with Crippen LogP contribution in [0.1, 0.15) is 68.4 Å². The van der Waals surface area contributed by atoms with Gasteiger partial charge in [-0.25, -0.2) is 4.98 Å². The van der Waals surface area contributed by atoms with Gasteiger partial charge in [0.2, 0.25) is 0 Å². The number of ether oxygens (including phenoxy) is 1. The van der Waals surface area contributed by atoms with Gasteiger partial charge in [0.05, 0.1) is 28.1 Å². The average molecular weight is 514 g/mol. The summed E-state index contributed by atoms with van der Waals surface area (Å²) in [7, 11) is 0. The first-order chi connectivity index (χ1) is 17.0. The highest BCUT2D eigenvalue weighted by Crippen LogP contribution is 2.35. The minimum atomic E-state index is -0.00801. The van der Waals surface area contributed by atoms with Crippen LogP contribution in [0.3, 0.4) is 0 Å². The van der Waals surface area contributed by atoms with Crippen molar-refractivity contribution in [2.24, 2.45) is 5.92 Å². The summed E-state index contributed by atoms with van der Waals surface area (Å²) in [5.74, 6) is 0.510. The van der Waals surface area contributed by atoms with Gasteiger partial charge in [-0.2, -0.15) is 0 Å². The highest BCUT2D eigenvalue weighted by molar-refractivity contribution is 7.13. The first kappa shape index (κ1) is 25.9. The lowest BCUT2D eigenvalue weighted by atomic mass is 9.99. The van der Waals surface area contributed by atoms with Gasteiger partial charge in [0.25, 0.3) is 5.91 Å². The predicted molar refractivity (Wildman–Crippen MR) is 145 cm³/mol. The molecule has 1 aliphatic rings. The Labute approximate surface area is 217 Å². The third kappa shape index (κ3) is 6.16. The molecule has 2 atom stereocenters. The van der Waals surface area contributed by atoms with E-state index in [0.717, 1.165) is 72.1 Å². The van der Waals surface area contributed by atoms with Crippen LogP contribution < -0.4 is 5.32 Å². The number of rotatable bonds is 11. The molecule has 3 heterocycles. The second-order valence-electron chi connectivity index (χ2n) is 9.42. The number of carbonyl (C=O) groups excluding carboxylic acids is 1. The number of nitrogens with zero attached hydrogens (tertiary/aromatic N) is 2. The molecule has 0 radical (unpaired) electrons. The molecule has 0 aliphatic carbocycles. The molecule has 0 saturated carbocycles. The topological polar surface area (TPSA) is 56.2 Å². The van der Waals surface area contributed by atoms with Gasteiger partial charge < -0.3 is 14.6 Å². The molecule has 4 rings (SSSR count). The van der Waals surface area contributed by atoms with Crippen LogP contribution in [0.2, 0.25) is 5.02 Å². The van der Waals surface area contributed by atoms with Crippen LogP contribution in [0.4, 0.5) is 0 Å². The molecule has 1 aliphatic heterocycles.